The topological polar surface area (TPSA) is 33.0 Å². The molecule has 0 aliphatic carbocycles. The Hall–Kier alpha value is -1.75. The Morgan fingerprint density at radius 3 is 3.08 bits per heavy atom. The van der Waals surface area contributed by atoms with E-state index >= 15 is 0 Å². The second-order valence-corrected chi connectivity index (χ2v) is 3.05. The van der Waals surface area contributed by atoms with E-state index in [2.05, 4.69) is 6.07 Å². The van der Waals surface area contributed by atoms with Crippen molar-refractivity contribution in [3.63, 3.8) is 0 Å². The van der Waals surface area contributed by atoms with Gasteiger partial charge in [0.05, 0.1) is 11.6 Å². The van der Waals surface area contributed by atoms with E-state index in [0.29, 0.717) is 5.56 Å². The molecular formula is C11H9NO. The average molecular weight is 171 g/mol. The minimum atomic E-state index is 0.125. The first kappa shape index (κ1) is 7.88. The van der Waals surface area contributed by atoms with Gasteiger partial charge in [0.1, 0.15) is 11.9 Å². The van der Waals surface area contributed by atoms with Crippen LogP contribution in [-0.4, -0.2) is 6.10 Å². The number of fused-ring (bicyclic) bond motifs is 1. The number of nitrogens with zero attached hydrogens (tertiary/aromatic N) is 1. The molecular weight excluding hydrogens is 162 g/mol. The average Bonchev–Trinajstić information content (AvgIpc) is 2.17. The highest BCUT2D eigenvalue weighted by Gasteiger charge is 2.10. The lowest BCUT2D eigenvalue weighted by atomic mass is 10.1. The monoisotopic (exact) mass is 171 g/mol. The van der Waals surface area contributed by atoms with Gasteiger partial charge in [0, 0.05) is 5.56 Å². The van der Waals surface area contributed by atoms with Crippen LogP contribution < -0.4 is 4.74 Å². The van der Waals surface area contributed by atoms with Crippen LogP contribution >= 0.6 is 0 Å². The van der Waals surface area contributed by atoms with Gasteiger partial charge in [-0.1, -0.05) is 6.08 Å². The molecule has 0 amide bonds. The number of nitriles is 1. The lowest BCUT2D eigenvalue weighted by molar-refractivity contribution is 0.266. The summed E-state index contributed by atoms with van der Waals surface area (Å²) in [7, 11) is 0. The first-order chi connectivity index (χ1) is 6.29. The third kappa shape index (κ3) is 1.41. The van der Waals surface area contributed by atoms with E-state index in [1.165, 1.54) is 0 Å². The number of benzene rings is 1. The molecule has 0 spiro atoms. The molecule has 1 aromatic rings. The molecule has 13 heavy (non-hydrogen) atoms. The molecule has 1 atom stereocenters. The first-order valence-corrected chi connectivity index (χ1v) is 4.18. The molecule has 64 valence electrons. The van der Waals surface area contributed by atoms with Crippen LogP contribution in [0.3, 0.4) is 0 Å². The highest BCUT2D eigenvalue weighted by molar-refractivity contribution is 5.62. The van der Waals surface area contributed by atoms with Crippen LogP contribution in [0.15, 0.2) is 24.3 Å². The maximum Gasteiger partial charge on any atom is 0.127 e. The zero-order valence-corrected chi connectivity index (χ0v) is 7.32. The van der Waals surface area contributed by atoms with Crippen molar-refractivity contribution in [1.29, 1.82) is 5.26 Å². The summed E-state index contributed by atoms with van der Waals surface area (Å²) in [5.41, 5.74) is 1.65. The van der Waals surface area contributed by atoms with E-state index in [-0.39, 0.29) is 6.10 Å². The van der Waals surface area contributed by atoms with Gasteiger partial charge >= 0.3 is 0 Å². The SMILES string of the molecule is C[C@@H]1C=Cc2cc(C#N)ccc2O1. The number of ether oxygens (including phenoxy) is 1. The standard InChI is InChI=1S/C11H9NO/c1-8-2-4-10-6-9(7-12)3-5-11(10)13-8/h2-6,8H,1H3/t8-/m1/s1. The molecule has 0 saturated carbocycles. The summed E-state index contributed by atoms with van der Waals surface area (Å²) in [6.45, 7) is 1.98. The Labute approximate surface area is 77.1 Å². The van der Waals surface area contributed by atoms with Crippen molar-refractivity contribution in [2.75, 3.05) is 0 Å². The molecule has 1 aliphatic rings. The molecule has 2 nitrogen and oxygen atoms in total. The Balaban J connectivity index is 2.47. The van der Waals surface area contributed by atoms with Crippen LogP contribution in [0, 0.1) is 11.3 Å². The summed E-state index contributed by atoms with van der Waals surface area (Å²) in [5, 5.41) is 8.68. The molecule has 1 aliphatic heterocycles. The van der Waals surface area contributed by atoms with Gasteiger partial charge in [-0.3, -0.25) is 0 Å². The fraction of sp³-hybridized carbons (Fsp3) is 0.182. The molecule has 0 N–H and O–H groups in total. The second-order valence-electron chi connectivity index (χ2n) is 3.05. The van der Waals surface area contributed by atoms with Crippen LogP contribution in [0.5, 0.6) is 5.75 Å². The van der Waals surface area contributed by atoms with Crippen LogP contribution in [0.25, 0.3) is 6.08 Å². The molecule has 0 saturated heterocycles. The van der Waals surface area contributed by atoms with Crippen molar-refractivity contribution in [2.45, 2.75) is 13.0 Å². The van der Waals surface area contributed by atoms with Crippen LogP contribution in [0.2, 0.25) is 0 Å². The Morgan fingerprint density at radius 2 is 2.31 bits per heavy atom. The Kier molecular flexibility index (Phi) is 1.79. The zero-order valence-electron chi connectivity index (χ0n) is 7.32. The molecule has 0 fully saturated rings. The maximum atomic E-state index is 8.68. The van der Waals surface area contributed by atoms with Gasteiger partial charge in [0.25, 0.3) is 0 Å². The number of hydrogen-bond acceptors (Lipinski definition) is 2. The van der Waals surface area contributed by atoms with Gasteiger partial charge in [0.2, 0.25) is 0 Å². The molecule has 2 heteroatoms. The zero-order chi connectivity index (χ0) is 9.26. The van der Waals surface area contributed by atoms with Crippen molar-refractivity contribution in [2.24, 2.45) is 0 Å². The molecule has 0 radical (unpaired) electrons. The maximum absolute atomic E-state index is 8.68. The number of hydrogen-bond donors (Lipinski definition) is 0. The minimum absolute atomic E-state index is 0.125. The van der Waals surface area contributed by atoms with Crippen molar-refractivity contribution < 1.29 is 4.74 Å². The predicted octanol–water partition coefficient (Wildman–Crippen LogP) is 2.35. The van der Waals surface area contributed by atoms with Crippen molar-refractivity contribution >= 4 is 6.08 Å². The van der Waals surface area contributed by atoms with Crippen molar-refractivity contribution in [3.05, 3.63) is 35.4 Å². The third-order valence-corrected chi connectivity index (χ3v) is 2.00. The summed E-state index contributed by atoms with van der Waals surface area (Å²) in [5.74, 6) is 0.856. The highest BCUT2D eigenvalue weighted by atomic mass is 16.5. The van der Waals surface area contributed by atoms with E-state index < -0.39 is 0 Å². The lowest BCUT2D eigenvalue weighted by Gasteiger charge is -2.17. The summed E-state index contributed by atoms with van der Waals surface area (Å²) in [6, 6.07) is 7.54. The van der Waals surface area contributed by atoms with Gasteiger partial charge in [-0.05, 0) is 31.2 Å². The highest BCUT2D eigenvalue weighted by Crippen LogP contribution is 2.26. The minimum Gasteiger partial charge on any atom is -0.486 e. The summed E-state index contributed by atoms with van der Waals surface area (Å²) >= 11 is 0. The Morgan fingerprint density at radius 1 is 1.46 bits per heavy atom. The molecule has 0 bridgehead atoms. The van der Waals surface area contributed by atoms with Gasteiger partial charge in [-0.2, -0.15) is 5.26 Å². The summed E-state index contributed by atoms with van der Waals surface area (Å²) < 4.78 is 5.54. The van der Waals surface area contributed by atoms with Gasteiger partial charge in [-0.15, -0.1) is 0 Å². The second kappa shape index (κ2) is 2.95. The molecule has 1 aromatic carbocycles. The van der Waals surface area contributed by atoms with E-state index in [4.69, 9.17) is 10.00 Å². The predicted molar refractivity (Wildman–Crippen MR) is 50.3 cm³/mol. The van der Waals surface area contributed by atoms with E-state index in [9.17, 15) is 0 Å². The molecule has 2 rings (SSSR count). The van der Waals surface area contributed by atoms with E-state index in [1.54, 1.807) is 6.07 Å². The van der Waals surface area contributed by atoms with Crippen molar-refractivity contribution in [1.82, 2.24) is 0 Å². The molecule has 0 aromatic heterocycles. The van der Waals surface area contributed by atoms with E-state index in [1.807, 2.05) is 31.2 Å². The number of rotatable bonds is 0. The van der Waals surface area contributed by atoms with Crippen LogP contribution in [0.1, 0.15) is 18.1 Å². The fourth-order valence-electron chi connectivity index (χ4n) is 1.33. The Bertz CT molecular complexity index is 401. The summed E-state index contributed by atoms with van der Waals surface area (Å²) in [6.07, 6.45) is 4.09. The third-order valence-electron chi connectivity index (χ3n) is 2.00. The lowest BCUT2D eigenvalue weighted by Crippen LogP contribution is -2.11. The van der Waals surface area contributed by atoms with Crippen LogP contribution in [0.4, 0.5) is 0 Å². The quantitative estimate of drug-likeness (QED) is 0.600. The molecule has 0 unspecified atom stereocenters. The summed E-state index contributed by atoms with van der Waals surface area (Å²) in [4.78, 5) is 0. The van der Waals surface area contributed by atoms with Gasteiger partial charge in [-0.25, -0.2) is 0 Å². The van der Waals surface area contributed by atoms with Crippen LogP contribution in [-0.2, 0) is 0 Å². The molecule has 1 heterocycles. The smallest absolute Gasteiger partial charge is 0.127 e. The fourth-order valence-corrected chi connectivity index (χ4v) is 1.33. The van der Waals surface area contributed by atoms with E-state index in [0.717, 1.165) is 11.3 Å². The first-order valence-electron chi connectivity index (χ1n) is 4.18. The van der Waals surface area contributed by atoms with Gasteiger partial charge < -0.3 is 4.74 Å². The normalized spacial score (nSPS) is 18.6. The largest absolute Gasteiger partial charge is 0.486 e. The van der Waals surface area contributed by atoms with Crippen molar-refractivity contribution in [3.8, 4) is 11.8 Å². The van der Waals surface area contributed by atoms with Gasteiger partial charge in [0.15, 0.2) is 0 Å².